The fraction of sp³-hybridized carbons (Fsp3) is 0.360. The predicted octanol–water partition coefficient (Wildman–Crippen LogP) is 5.06. The van der Waals surface area contributed by atoms with Crippen LogP contribution in [-0.2, 0) is 14.8 Å². The number of nitrogens with one attached hydrogen (secondary N) is 1. The minimum atomic E-state index is -3.48. The third kappa shape index (κ3) is 5.08. The molecule has 33 heavy (non-hydrogen) atoms. The summed E-state index contributed by atoms with van der Waals surface area (Å²) < 4.78 is 27.4. The molecule has 1 atom stereocenters. The number of thioether (sulfide) groups is 1. The average molecular weight is 484 g/mol. The Bertz CT molecular complexity index is 1320. The number of aromatic nitrogens is 1. The molecule has 174 valence electrons. The Balaban J connectivity index is 1.54. The van der Waals surface area contributed by atoms with Crippen LogP contribution in [0.3, 0.4) is 0 Å². The van der Waals surface area contributed by atoms with Crippen LogP contribution < -0.4 is 5.32 Å². The lowest BCUT2D eigenvalue weighted by Gasteiger charge is -2.17. The van der Waals surface area contributed by atoms with Gasteiger partial charge in [-0.2, -0.15) is 4.31 Å². The van der Waals surface area contributed by atoms with Crippen LogP contribution in [0.4, 0.5) is 5.69 Å². The second kappa shape index (κ2) is 9.44. The van der Waals surface area contributed by atoms with E-state index in [1.165, 1.54) is 11.8 Å². The number of carbonyl (C=O) groups is 1. The summed E-state index contributed by atoms with van der Waals surface area (Å²) in [6.45, 7) is 8.93. The van der Waals surface area contributed by atoms with E-state index >= 15 is 0 Å². The topological polar surface area (TPSA) is 79.4 Å². The second-order valence-electron chi connectivity index (χ2n) is 8.64. The molecule has 1 aromatic heterocycles. The summed E-state index contributed by atoms with van der Waals surface area (Å²) in [5, 5.41) is 4.22. The summed E-state index contributed by atoms with van der Waals surface area (Å²) in [5.41, 5.74) is 4.59. The van der Waals surface area contributed by atoms with Gasteiger partial charge in [0, 0.05) is 24.2 Å². The number of nitrogens with zero attached hydrogens (tertiary/aromatic N) is 2. The normalized spacial score (nSPS) is 15.6. The maximum atomic E-state index is 12.9. The van der Waals surface area contributed by atoms with E-state index < -0.39 is 10.0 Å². The zero-order chi connectivity index (χ0) is 23.8. The van der Waals surface area contributed by atoms with Gasteiger partial charge in [0.05, 0.1) is 20.7 Å². The van der Waals surface area contributed by atoms with Gasteiger partial charge < -0.3 is 5.32 Å². The molecule has 1 N–H and O–H groups in total. The quantitative estimate of drug-likeness (QED) is 0.496. The number of amides is 1. The van der Waals surface area contributed by atoms with E-state index in [-0.39, 0.29) is 11.2 Å². The van der Waals surface area contributed by atoms with Gasteiger partial charge in [0.2, 0.25) is 15.9 Å². The number of rotatable bonds is 6. The highest BCUT2D eigenvalue weighted by atomic mass is 32.2. The molecule has 1 saturated heterocycles. The highest BCUT2D eigenvalue weighted by molar-refractivity contribution is 8.00. The molecular formula is C25H29N3O3S2. The third-order valence-corrected chi connectivity index (χ3v) is 8.90. The zero-order valence-electron chi connectivity index (χ0n) is 19.4. The lowest BCUT2D eigenvalue weighted by atomic mass is 10.1. The summed E-state index contributed by atoms with van der Waals surface area (Å²) >= 11 is 1.39. The van der Waals surface area contributed by atoms with E-state index in [1.807, 2.05) is 52.0 Å². The van der Waals surface area contributed by atoms with Gasteiger partial charge in [-0.25, -0.2) is 13.4 Å². The summed E-state index contributed by atoms with van der Waals surface area (Å²) in [4.78, 5) is 17.8. The molecule has 2 aromatic carbocycles. The van der Waals surface area contributed by atoms with Crippen LogP contribution >= 0.6 is 11.8 Å². The lowest BCUT2D eigenvalue weighted by Crippen LogP contribution is -2.27. The zero-order valence-corrected chi connectivity index (χ0v) is 21.0. The van der Waals surface area contributed by atoms with Crippen LogP contribution in [-0.4, -0.2) is 42.0 Å². The third-order valence-electron chi connectivity index (χ3n) is 5.98. The van der Waals surface area contributed by atoms with Crippen molar-refractivity contribution < 1.29 is 13.2 Å². The molecule has 1 amide bonds. The van der Waals surface area contributed by atoms with E-state index in [0.717, 1.165) is 51.1 Å². The first-order valence-corrected chi connectivity index (χ1v) is 13.4. The van der Waals surface area contributed by atoms with Crippen molar-refractivity contribution >= 4 is 44.3 Å². The molecule has 4 rings (SSSR count). The van der Waals surface area contributed by atoms with Gasteiger partial charge in [0.1, 0.15) is 0 Å². The number of benzene rings is 2. The first kappa shape index (κ1) is 23.7. The predicted molar refractivity (Wildman–Crippen MR) is 134 cm³/mol. The summed E-state index contributed by atoms with van der Waals surface area (Å²) in [6, 6.07) is 13.0. The standard InChI is InChI=1S/C25H29N3O3S2/c1-16-7-8-17(2)23(13-16)27-25(29)19(4)32-24-14-18(3)21-15-20(9-10-22(21)26-24)33(30,31)28-11-5-6-12-28/h7-10,13-15,19H,5-6,11-12H2,1-4H3,(H,27,29). The molecule has 6 nitrogen and oxygen atoms in total. The molecule has 0 bridgehead atoms. The summed E-state index contributed by atoms with van der Waals surface area (Å²) in [7, 11) is -3.48. The Kier molecular flexibility index (Phi) is 6.79. The molecule has 0 radical (unpaired) electrons. The van der Waals surface area contributed by atoms with E-state index in [4.69, 9.17) is 4.98 Å². The highest BCUT2D eigenvalue weighted by Crippen LogP contribution is 2.30. The van der Waals surface area contributed by atoms with Gasteiger partial charge in [-0.1, -0.05) is 23.9 Å². The number of hydrogen-bond donors (Lipinski definition) is 1. The molecule has 1 aliphatic rings. The SMILES string of the molecule is Cc1ccc(C)c(NC(=O)C(C)Sc2cc(C)c3cc(S(=O)(=O)N4CCCC4)ccc3n2)c1. The number of carbonyl (C=O) groups excluding carboxylic acids is 1. The molecule has 3 aromatic rings. The van der Waals surface area contributed by atoms with Crippen molar-refractivity contribution in [2.75, 3.05) is 18.4 Å². The molecule has 0 aliphatic carbocycles. The van der Waals surface area contributed by atoms with Gasteiger partial charge in [0.15, 0.2) is 0 Å². The Morgan fingerprint density at radius 1 is 1.03 bits per heavy atom. The van der Waals surface area contributed by atoms with Gasteiger partial charge in [-0.3, -0.25) is 4.79 Å². The molecular weight excluding hydrogens is 454 g/mol. The molecule has 8 heteroatoms. The van der Waals surface area contributed by atoms with Gasteiger partial charge in [0.25, 0.3) is 0 Å². The highest BCUT2D eigenvalue weighted by Gasteiger charge is 2.27. The van der Waals surface area contributed by atoms with Crippen LogP contribution in [0.15, 0.2) is 52.4 Å². The molecule has 2 heterocycles. The number of anilines is 1. The van der Waals surface area contributed by atoms with Crippen molar-refractivity contribution in [3.63, 3.8) is 0 Å². The van der Waals surface area contributed by atoms with Crippen LogP contribution in [0.5, 0.6) is 0 Å². The number of aryl methyl sites for hydroxylation is 3. The van der Waals surface area contributed by atoms with Gasteiger partial charge >= 0.3 is 0 Å². The minimum absolute atomic E-state index is 0.0831. The summed E-state index contributed by atoms with van der Waals surface area (Å²) in [5.74, 6) is -0.0831. The largest absolute Gasteiger partial charge is 0.325 e. The molecule has 1 unspecified atom stereocenters. The van der Waals surface area contributed by atoms with Crippen LogP contribution in [0, 0.1) is 20.8 Å². The fourth-order valence-corrected chi connectivity index (χ4v) is 6.45. The number of pyridine rings is 1. The van der Waals surface area contributed by atoms with Crippen molar-refractivity contribution in [1.82, 2.24) is 9.29 Å². The van der Waals surface area contributed by atoms with E-state index in [9.17, 15) is 13.2 Å². The first-order valence-electron chi connectivity index (χ1n) is 11.1. The molecule has 0 saturated carbocycles. The minimum Gasteiger partial charge on any atom is -0.325 e. The van der Waals surface area contributed by atoms with Crippen molar-refractivity contribution in [1.29, 1.82) is 0 Å². The van der Waals surface area contributed by atoms with Crippen molar-refractivity contribution in [2.45, 2.75) is 55.7 Å². The van der Waals surface area contributed by atoms with Crippen molar-refractivity contribution in [2.24, 2.45) is 0 Å². The smallest absolute Gasteiger partial charge is 0.243 e. The van der Waals surface area contributed by atoms with Crippen LogP contribution in [0.2, 0.25) is 0 Å². The Hall–Kier alpha value is -2.42. The average Bonchev–Trinajstić information content (AvgIpc) is 3.32. The monoisotopic (exact) mass is 483 g/mol. The Morgan fingerprint density at radius 2 is 1.76 bits per heavy atom. The van der Waals surface area contributed by atoms with E-state index in [0.29, 0.717) is 18.0 Å². The van der Waals surface area contributed by atoms with Gasteiger partial charge in [-0.15, -0.1) is 0 Å². The number of sulfonamides is 1. The lowest BCUT2D eigenvalue weighted by molar-refractivity contribution is -0.115. The first-order chi connectivity index (χ1) is 15.6. The molecule has 1 fully saturated rings. The maximum Gasteiger partial charge on any atom is 0.243 e. The van der Waals surface area contributed by atoms with E-state index in [1.54, 1.807) is 22.5 Å². The Labute approximate surface area is 199 Å². The number of hydrogen-bond acceptors (Lipinski definition) is 5. The second-order valence-corrected chi connectivity index (χ2v) is 11.9. The van der Waals surface area contributed by atoms with E-state index in [2.05, 4.69) is 5.32 Å². The van der Waals surface area contributed by atoms with Crippen molar-refractivity contribution in [3.05, 3.63) is 59.2 Å². The molecule has 1 aliphatic heterocycles. The molecule has 0 spiro atoms. The van der Waals surface area contributed by atoms with Crippen LogP contribution in [0.1, 0.15) is 36.5 Å². The van der Waals surface area contributed by atoms with Crippen molar-refractivity contribution in [3.8, 4) is 0 Å². The van der Waals surface area contributed by atoms with Gasteiger partial charge in [-0.05, 0) is 87.6 Å². The Morgan fingerprint density at radius 3 is 2.48 bits per heavy atom. The fourth-order valence-electron chi connectivity index (χ4n) is 3.98. The maximum absolute atomic E-state index is 12.9. The summed E-state index contributed by atoms with van der Waals surface area (Å²) in [6.07, 6.45) is 1.81. The number of fused-ring (bicyclic) bond motifs is 1. The van der Waals surface area contributed by atoms with Crippen LogP contribution in [0.25, 0.3) is 10.9 Å².